The first kappa shape index (κ1) is 12.1. The summed E-state index contributed by atoms with van der Waals surface area (Å²) in [4.78, 5) is 11.3. The Bertz CT molecular complexity index is 521. The Morgan fingerprint density at radius 3 is 2.94 bits per heavy atom. The second-order valence-corrected chi connectivity index (χ2v) is 4.82. The van der Waals surface area contributed by atoms with Gasteiger partial charge in [0.1, 0.15) is 6.04 Å². The summed E-state index contributed by atoms with van der Waals surface area (Å²) in [6.45, 7) is 2.73. The topological polar surface area (TPSA) is 49.3 Å². The molecule has 3 nitrogen and oxygen atoms in total. The van der Waals surface area contributed by atoms with Crippen molar-refractivity contribution in [3.8, 4) is 0 Å². The predicted molar refractivity (Wildman–Crippen MR) is 70.5 cm³/mol. The van der Waals surface area contributed by atoms with E-state index in [0.717, 1.165) is 22.1 Å². The lowest BCUT2D eigenvalue weighted by Crippen LogP contribution is -2.28. The number of benzene rings is 1. The van der Waals surface area contributed by atoms with Crippen LogP contribution in [0.4, 0.5) is 0 Å². The molecule has 0 fully saturated rings. The molecule has 0 spiro atoms. The van der Waals surface area contributed by atoms with E-state index in [0.29, 0.717) is 6.54 Å². The zero-order valence-corrected chi connectivity index (χ0v) is 10.5. The Labute approximate surface area is 104 Å². The minimum Gasteiger partial charge on any atom is -0.480 e. The van der Waals surface area contributed by atoms with Gasteiger partial charge >= 0.3 is 5.97 Å². The summed E-state index contributed by atoms with van der Waals surface area (Å²) in [6.07, 6.45) is 0.922. The quantitative estimate of drug-likeness (QED) is 0.856. The molecule has 1 unspecified atom stereocenters. The zero-order chi connectivity index (χ0) is 12.3. The molecule has 1 atom stereocenters. The van der Waals surface area contributed by atoms with Gasteiger partial charge in [-0.3, -0.25) is 4.79 Å². The summed E-state index contributed by atoms with van der Waals surface area (Å²) in [5.41, 5.74) is 0.867. The van der Waals surface area contributed by atoms with Crippen LogP contribution in [0, 0.1) is 0 Å². The van der Waals surface area contributed by atoms with Gasteiger partial charge in [0.15, 0.2) is 0 Å². The average Bonchev–Trinajstić information content (AvgIpc) is 2.73. The molecule has 1 heterocycles. The second-order valence-electron chi connectivity index (χ2n) is 3.91. The summed E-state index contributed by atoms with van der Waals surface area (Å²) in [6, 6.07) is 7.30. The molecule has 1 aromatic carbocycles. The van der Waals surface area contributed by atoms with E-state index < -0.39 is 12.0 Å². The molecule has 2 rings (SSSR count). The maximum atomic E-state index is 11.3. The van der Waals surface area contributed by atoms with Crippen molar-refractivity contribution in [1.29, 1.82) is 0 Å². The summed E-state index contributed by atoms with van der Waals surface area (Å²) in [5, 5.41) is 15.3. The molecule has 0 aliphatic heterocycles. The van der Waals surface area contributed by atoms with E-state index in [2.05, 4.69) is 5.32 Å². The minimum absolute atomic E-state index is 0.605. The first-order chi connectivity index (χ1) is 8.24. The van der Waals surface area contributed by atoms with Crippen LogP contribution < -0.4 is 5.32 Å². The van der Waals surface area contributed by atoms with Gasteiger partial charge in [-0.05, 0) is 35.4 Å². The van der Waals surface area contributed by atoms with E-state index in [9.17, 15) is 9.90 Å². The first-order valence-corrected chi connectivity index (χ1v) is 6.54. The summed E-state index contributed by atoms with van der Waals surface area (Å²) >= 11 is 1.59. The lowest BCUT2D eigenvalue weighted by atomic mass is 10.1. The van der Waals surface area contributed by atoms with Gasteiger partial charge in [-0.2, -0.15) is 0 Å². The number of thiophene rings is 1. The second kappa shape index (κ2) is 5.29. The Balaban J connectivity index is 2.38. The number of carbonyl (C=O) groups is 1. The largest absolute Gasteiger partial charge is 0.480 e. The predicted octanol–water partition coefficient (Wildman–Crippen LogP) is 3.03. The van der Waals surface area contributed by atoms with Gasteiger partial charge in [0.25, 0.3) is 0 Å². The molecule has 0 saturated heterocycles. The van der Waals surface area contributed by atoms with Crippen LogP contribution in [0.5, 0.6) is 0 Å². The maximum Gasteiger partial charge on any atom is 0.325 e. The van der Waals surface area contributed by atoms with Crippen LogP contribution in [0.3, 0.4) is 0 Å². The maximum absolute atomic E-state index is 11.3. The number of hydrogen-bond donors (Lipinski definition) is 2. The van der Waals surface area contributed by atoms with Gasteiger partial charge in [0.05, 0.1) is 0 Å². The third-order valence-electron chi connectivity index (χ3n) is 2.67. The molecular weight excluding hydrogens is 234 g/mol. The normalized spacial score (nSPS) is 12.8. The highest BCUT2D eigenvalue weighted by atomic mass is 32.1. The molecule has 0 bridgehead atoms. The standard InChI is InChI=1S/C13H15NO2S/c1-2-7-14-12(13(15)16)10-8-17-11-6-4-3-5-9(10)11/h3-6,8,12,14H,2,7H2,1H3,(H,15,16). The van der Waals surface area contributed by atoms with E-state index in [1.807, 2.05) is 36.6 Å². The molecule has 0 aliphatic carbocycles. The fraction of sp³-hybridized carbons (Fsp3) is 0.308. The highest BCUT2D eigenvalue weighted by molar-refractivity contribution is 7.17. The van der Waals surface area contributed by atoms with Crippen LogP contribution in [0.2, 0.25) is 0 Å². The third kappa shape index (κ3) is 2.48. The first-order valence-electron chi connectivity index (χ1n) is 5.66. The Morgan fingerprint density at radius 1 is 1.47 bits per heavy atom. The molecule has 0 saturated carbocycles. The van der Waals surface area contributed by atoms with Gasteiger partial charge in [0, 0.05) is 4.70 Å². The lowest BCUT2D eigenvalue weighted by Gasteiger charge is -2.13. The van der Waals surface area contributed by atoms with Crippen LogP contribution in [-0.2, 0) is 4.79 Å². The zero-order valence-electron chi connectivity index (χ0n) is 9.64. The fourth-order valence-electron chi connectivity index (χ4n) is 1.84. The number of carboxylic acids is 1. The van der Waals surface area contributed by atoms with Crippen molar-refractivity contribution in [2.45, 2.75) is 19.4 Å². The summed E-state index contributed by atoms with van der Waals surface area (Å²) in [7, 11) is 0. The fourth-order valence-corrected chi connectivity index (χ4v) is 2.83. The number of aliphatic carboxylic acids is 1. The molecule has 1 aromatic heterocycles. The molecule has 2 aromatic rings. The molecule has 17 heavy (non-hydrogen) atoms. The number of fused-ring (bicyclic) bond motifs is 1. The Morgan fingerprint density at radius 2 is 2.24 bits per heavy atom. The van der Waals surface area contributed by atoms with Crippen molar-refractivity contribution >= 4 is 27.4 Å². The van der Waals surface area contributed by atoms with Crippen molar-refractivity contribution in [2.24, 2.45) is 0 Å². The summed E-state index contributed by atoms with van der Waals surface area (Å²) in [5.74, 6) is -0.818. The van der Waals surface area contributed by atoms with Crippen molar-refractivity contribution in [1.82, 2.24) is 5.32 Å². The molecule has 0 aliphatic rings. The van der Waals surface area contributed by atoms with Crippen molar-refractivity contribution < 1.29 is 9.90 Å². The van der Waals surface area contributed by atoms with Crippen LogP contribution in [0.1, 0.15) is 24.9 Å². The molecule has 0 radical (unpaired) electrons. The Kier molecular flexibility index (Phi) is 3.76. The summed E-state index contributed by atoms with van der Waals surface area (Å²) < 4.78 is 1.13. The van der Waals surface area contributed by atoms with Crippen LogP contribution >= 0.6 is 11.3 Å². The van der Waals surface area contributed by atoms with Crippen molar-refractivity contribution in [2.75, 3.05) is 6.54 Å². The van der Waals surface area contributed by atoms with E-state index in [-0.39, 0.29) is 0 Å². The van der Waals surface area contributed by atoms with Gasteiger partial charge in [-0.15, -0.1) is 11.3 Å². The number of nitrogens with one attached hydrogen (secondary N) is 1. The van der Waals surface area contributed by atoms with E-state index in [1.54, 1.807) is 11.3 Å². The number of carboxylic acid groups (broad SMARTS) is 1. The van der Waals surface area contributed by atoms with Gasteiger partial charge in [0.2, 0.25) is 0 Å². The monoisotopic (exact) mass is 249 g/mol. The van der Waals surface area contributed by atoms with Crippen LogP contribution in [0.25, 0.3) is 10.1 Å². The van der Waals surface area contributed by atoms with Crippen LogP contribution in [-0.4, -0.2) is 17.6 Å². The highest BCUT2D eigenvalue weighted by Crippen LogP contribution is 2.30. The minimum atomic E-state index is -0.818. The average molecular weight is 249 g/mol. The van der Waals surface area contributed by atoms with Gasteiger partial charge < -0.3 is 10.4 Å². The van der Waals surface area contributed by atoms with E-state index in [1.165, 1.54) is 0 Å². The molecule has 90 valence electrons. The van der Waals surface area contributed by atoms with Crippen molar-refractivity contribution in [3.05, 3.63) is 35.2 Å². The Hall–Kier alpha value is -1.39. The van der Waals surface area contributed by atoms with Gasteiger partial charge in [-0.1, -0.05) is 25.1 Å². The molecular formula is C13H15NO2S. The molecule has 0 amide bonds. The van der Waals surface area contributed by atoms with E-state index >= 15 is 0 Å². The number of rotatable bonds is 5. The SMILES string of the molecule is CCCNC(C(=O)O)c1csc2ccccc12. The lowest BCUT2D eigenvalue weighted by molar-refractivity contribution is -0.139. The number of hydrogen-bond acceptors (Lipinski definition) is 3. The molecule has 2 N–H and O–H groups in total. The molecule has 4 heteroatoms. The smallest absolute Gasteiger partial charge is 0.325 e. The highest BCUT2D eigenvalue weighted by Gasteiger charge is 2.21. The van der Waals surface area contributed by atoms with Gasteiger partial charge in [-0.25, -0.2) is 0 Å². The third-order valence-corrected chi connectivity index (χ3v) is 3.65. The van der Waals surface area contributed by atoms with E-state index in [4.69, 9.17) is 0 Å². The van der Waals surface area contributed by atoms with Crippen molar-refractivity contribution in [3.63, 3.8) is 0 Å². The van der Waals surface area contributed by atoms with Crippen LogP contribution in [0.15, 0.2) is 29.6 Å².